The molecule has 170 valence electrons. The van der Waals surface area contributed by atoms with Crippen molar-refractivity contribution in [3.05, 3.63) is 77.8 Å². The molecule has 6 N–H and O–H groups in total. The zero-order chi connectivity index (χ0) is 23.7. The summed E-state index contributed by atoms with van der Waals surface area (Å²) in [5.74, 6) is 0.678. The largest absolute Gasteiger partial charge is 0.506 e. The number of benzene rings is 2. The van der Waals surface area contributed by atoms with E-state index < -0.39 is 5.82 Å². The molecule has 0 fully saturated rings. The van der Waals surface area contributed by atoms with E-state index >= 15 is 0 Å². The van der Waals surface area contributed by atoms with Gasteiger partial charge < -0.3 is 31.2 Å². The van der Waals surface area contributed by atoms with Crippen LogP contribution in [0.5, 0.6) is 17.2 Å². The Morgan fingerprint density at radius 2 is 1.68 bits per heavy atom. The number of ether oxygens (including phenoxy) is 1. The lowest BCUT2D eigenvalue weighted by Crippen LogP contribution is -2.03. The molecule has 3 aromatic heterocycles. The van der Waals surface area contributed by atoms with E-state index in [1.165, 1.54) is 18.2 Å². The topological polar surface area (TPSA) is 134 Å². The van der Waals surface area contributed by atoms with Crippen LogP contribution in [-0.2, 0) is 0 Å². The van der Waals surface area contributed by atoms with Crippen molar-refractivity contribution in [3.63, 3.8) is 0 Å². The van der Waals surface area contributed by atoms with E-state index in [0.717, 1.165) is 5.39 Å². The molecule has 0 unspecified atom stereocenters. The molecule has 0 saturated carbocycles. The average molecular weight is 478 g/mol. The number of rotatable bonds is 6. The fourth-order valence-electron chi connectivity index (χ4n) is 3.28. The SMILES string of the molecule is Nc1nc(Nc2ccc(Oc3ccnc4[nH]ccc34)c(F)c2)cc(Nc2ccc(O)c(Cl)c2)n1. The van der Waals surface area contributed by atoms with Crippen molar-refractivity contribution in [2.45, 2.75) is 0 Å². The minimum Gasteiger partial charge on any atom is -0.506 e. The molecule has 0 radical (unpaired) electrons. The van der Waals surface area contributed by atoms with Crippen LogP contribution >= 0.6 is 11.6 Å². The van der Waals surface area contributed by atoms with Crippen LogP contribution in [0.4, 0.5) is 33.3 Å². The summed E-state index contributed by atoms with van der Waals surface area (Å²) in [5.41, 5.74) is 7.50. The Hall–Kier alpha value is -4.57. The third-order valence-corrected chi connectivity index (χ3v) is 5.11. The van der Waals surface area contributed by atoms with E-state index in [9.17, 15) is 9.50 Å². The highest BCUT2D eigenvalue weighted by Gasteiger charge is 2.11. The molecule has 0 saturated heterocycles. The molecule has 11 heteroatoms. The van der Waals surface area contributed by atoms with Crippen LogP contribution in [-0.4, -0.2) is 25.0 Å². The van der Waals surface area contributed by atoms with Crippen molar-refractivity contribution in [2.24, 2.45) is 0 Å². The Morgan fingerprint density at radius 3 is 2.41 bits per heavy atom. The van der Waals surface area contributed by atoms with Gasteiger partial charge in [0.05, 0.1) is 10.4 Å². The number of phenols is 1. The molecule has 0 amide bonds. The number of nitrogens with one attached hydrogen (secondary N) is 3. The summed E-state index contributed by atoms with van der Waals surface area (Å²) >= 11 is 5.94. The smallest absolute Gasteiger partial charge is 0.223 e. The lowest BCUT2D eigenvalue weighted by Gasteiger charge is -2.12. The maximum absolute atomic E-state index is 14.8. The third-order valence-electron chi connectivity index (χ3n) is 4.81. The highest BCUT2D eigenvalue weighted by Crippen LogP contribution is 2.32. The number of nitrogens with zero attached hydrogens (tertiary/aromatic N) is 3. The number of aromatic amines is 1. The maximum atomic E-state index is 14.8. The molecule has 3 heterocycles. The van der Waals surface area contributed by atoms with E-state index in [4.69, 9.17) is 22.1 Å². The standard InChI is InChI=1S/C23H17ClFN7O2/c24-15-9-12(1-3-17(15)33)29-20-11-21(32-23(26)31-20)30-13-2-4-19(16(25)10-13)34-18-6-8-28-22-14(18)5-7-27-22/h1-11,33H,(H,27,28)(H4,26,29,30,31,32). The molecule has 0 aliphatic carbocycles. The molecule has 0 spiro atoms. The number of halogens is 2. The molecule has 5 rings (SSSR count). The van der Waals surface area contributed by atoms with Crippen molar-refractivity contribution in [1.29, 1.82) is 0 Å². The second-order valence-corrected chi connectivity index (χ2v) is 7.62. The fourth-order valence-corrected chi connectivity index (χ4v) is 3.46. The van der Waals surface area contributed by atoms with Crippen molar-refractivity contribution in [2.75, 3.05) is 16.4 Å². The number of aromatic hydroxyl groups is 1. The normalized spacial score (nSPS) is 10.9. The molecule has 9 nitrogen and oxygen atoms in total. The fraction of sp³-hybridized carbons (Fsp3) is 0. The van der Waals surface area contributed by atoms with E-state index in [-0.39, 0.29) is 22.5 Å². The van der Waals surface area contributed by atoms with E-state index in [1.807, 2.05) is 6.07 Å². The van der Waals surface area contributed by atoms with Gasteiger partial charge in [0.2, 0.25) is 5.95 Å². The number of phenolic OH excluding ortho intramolecular Hbond substituents is 1. The Bertz CT molecular complexity index is 1510. The van der Waals surface area contributed by atoms with Crippen LogP contribution in [0.15, 0.2) is 67.0 Å². The van der Waals surface area contributed by atoms with Crippen LogP contribution in [0.1, 0.15) is 0 Å². The van der Waals surface area contributed by atoms with Gasteiger partial charge in [0.25, 0.3) is 0 Å². The van der Waals surface area contributed by atoms with Crippen molar-refractivity contribution in [3.8, 4) is 17.2 Å². The molecular formula is C23H17ClFN7O2. The summed E-state index contributed by atoms with van der Waals surface area (Å²) in [6.45, 7) is 0. The number of nitrogen functional groups attached to an aromatic ring is 1. The molecule has 34 heavy (non-hydrogen) atoms. The van der Waals surface area contributed by atoms with Gasteiger partial charge >= 0.3 is 0 Å². The first-order chi connectivity index (χ1) is 16.4. The molecule has 0 aliphatic heterocycles. The van der Waals surface area contributed by atoms with Crippen molar-refractivity contribution >= 4 is 51.6 Å². The minimum atomic E-state index is -0.565. The Balaban J connectivity index is 1.34. The minimum absolute atomic E-state index is 0.00556. The first-order valence-electron chi connectivity index (χ1n) is 10.0. The van der Waals surface area contributed by atoms with Gasteiger partial charge in [0.1, 0.15) is 28.8 Å². The van der Waals surface area contributed by atoms with Gasteiger partial charge in [-0.1, -0.05) is 11.6 Å². The number of fused-ring (bicyclic) bond motifs is 1. The van der Waals surface area contributed by atoms with Crippen LogP contribution in [0.2, 0.25) is 5.02 Å². The number of H-pyrrole nitrogens is 1. The van der Waals surface area contributed by atoms with Crippen LogP contribution in [0.25, 0.3) is 11.0 Å². The number of aromatic nitrogens is 4. The first-order valence-corrected chi connectivity index (χ1v) is 10.4. The summed E-state index contributed by atoms with van der Waals surface area (Å²) < 4.78 is 20.6. The van der Waals surface area contributed by atoms with E-state index in [1.54, 1.807) is 42.7 Å². The lowest BCUT2D eigenvalue weighted by molar-refractivity contribution is 0.446. The highest BCUT2D eigenvalue weighted by atomic mass is 35.5. The summed E-state index contributed by atoms with van der Waals surface area (Å²) in [5, 5.41) is 16.5. The molecule has 0 atom stereocenters. The van der Waals surface area contributed by atoms with Crippen molar-refractivity contribution in [1.82, 2.24) is 19.9 Å². The maximum Gasteiger partial charge on any atom is 0.223 e. The van der Waals surface area contributed by atoms with Gasteiger partial charge in [-0.15, -0.1) is 0 Å². The van der Waals surface area contributed by atoms with Crippen LogP contribution in [0, 0.1) is 5.82 Å². The van der Waals surface area contributed by atoms with E-state index in [0.29, 0.717) is 34.4 Å². The number of nitrogens with two attached hydrogens (primary N) is 1. The van der Waals surface area contributed by atoms with Gasteiger partial charge in [-0.05, 0) is 42.5 Å². The predicted octanol–water partition coefficient (Wildman–Crippen LogP) is 5.71. The summed E-state index contributed by atoms with van der Waals surface area (Å²) in [6, 6.07) is 14.1. The second kappa shape index (κ2) is 8.75. The number of hydrogen-bond acceptors (Lipinski definition) is 8. The quantitative estimate of drug-likeness (QED) is 0.196. The summed E-state index contributed by atoms with van der Waals surface area (Å²) in [7, 11) is 0. The predicted molar refractivity (Wildman–Crippen MR) is 129 cm³/mol. The highest BCUT2D eigenvalue weighted by molar-refractivity contribution is 6.32. The third kappa shape index (κ3) is 4.48. The summed E-state index contributed by atoms with van der Waals surface area (Å²) in [6.07, 6.45) is 3.32. The zero-order valence-corrected chi connectivity index (χ0v) is 18.1. The Kier molecular flexibility index (Phi) is 5.48. The van der Waals surface area contributed by atoms with Crippen molar-refractivity contribution < 1.29 is 14.2 Å². The van der Waals surface area contributed by atoms with Crippen LogP contribution in [0.3, 0.4) is 0 Å². The van der Waals surface area contributed by atoms with E-state index in [2.05, 4.69) is 30.6 Å². The van der Waals surface area contributed by atoms with Crippen LogP contribution < -0.4 is 21.1 Å². The molecule has 5 aromatic rings. The lowest BCUT2D eigenvalue weighted by atomic mass is 10.2. The number of pyridine rings is 1. The summed E-state index contributed by atoms with van der Waals surface area (Å²) in [4.78, 5) is 15.4. The zero-order valence-electron chi connectivity index (χ0n) is 17.4. The second-order valence-electron chi connectivity index (χ2n) is 7.21. The van der Waals surface area contributed by atoms with Gasteiger partial charge in [-0.25, -0.2) is 9.37 Å². The van der Waals surface area contributed by atoms with Gasteiger partial charge in [0.15, 0.2) is 11.6 Å². The Labute approximate surface area is 197 Å². The first kappa shape index (κ1) is 21.3. The molecule has 0 aliphatic rings. The number of hydrogen-bond donors (Lipinski definition) is 5. The average Bonchev–Trinajstić information content (AvgIpc) is 3.28. The monoisotopic (exact) mass is 477 g/mol. The molecule has 2 aromatic carbocycles. The molecule has 0 bridgehead atoms. The molecular weight excluding hydrogens is 461 g/mol. The Morgan fingerprint density at radius 1 is 0.941 bits per heavy atom. The van der Waals surface area contributed by atoms with Gasteiger partial charge in [-0.3, -0.25) is 0 Å². The van der Waals surface area contributed by atoms with Gasteiger partial charge in [0, 0.05) is 35.9 Å². The number of anilines is 5. The van der Waals surface area contributed by atoms with Gasteiger partial charge in [-0.2, -0.15) is 9.97 Å².